The van der Waals surface area contributed by atoms with Crippen molar-refractivity contribution in [3.8, 4) is 23.0 Å². The minimum Gasteiger partial charge on any atom is -0.438 e. The van der Waals surface area contributed by atoms with Crippen LogP contribution in [0.4, 0.5) is 19.1 Å². The topological polar surface area (TPSA) is 98.6 Å². The minimum absolute atomic E-state index is 0.00648. The van der Waals surface area contributed by atoms with Gasteiger partial charge < -0.3 is 15.4 Å². The van der Waals surface area contributed by atoms with Crippen molar-refractivity contribution < 1.29 is 22.7 Å². The van der Waals surface area contributed by atoms with Gasteiger partial charge in [-0.2, -0.15) is 13.2 Å². The lowest BCUT2D eigenvalue weighted by molar-refractivity contribution is -0.138. The molecule has 3 aromatic heterocycles. The number of halogens is 3. The Kier molecular flexibility index (Phi) is 5.83. The maximum Gasteiger partial charge on any atom is 0.421 e. The van der Waals surface area contributed by atoms with Gasteiger partial charge in [-0.25, -0.2) is 15.0 Å². The van der Waals surface area contributed by atoms with E-state index in [9.17, 15) is 18.0 Å². The highest BCUT2D eigenvalue weighted by molar-refractivity contribution is 5.87. The average Bonchev–Trinajstić information content (AvgIpc) is 3.50. The fourth-order valence-electron chi connectivity index (χ4n) is 4.36. The molecule has 2 N–H and O–H groups in total. The van der Waals surface area contributed by atoms with Crippen LogP contribution in [0.3, 0.4) is 0 Å². The molecule has 4 heterocycles. The van der Waals surface area contributed by atoms with E-state index in [2.05, 4.69) is 16.5 Å². The lowest BCUT2D eigenvalue weighted by atomic mass is 10.0. The number of amides is 1. The van der Waals surface area contributed by atoms with Crippen LogP contribution in [-0.2, 0) is 11.0 Å². The highest BCUT2D eigenvalue weighted by Crippen LogP contribution is 2.37. The zero-order valence-electron chi connectivity index (χ0n) is 18.9. The first-order chi connectivity index (χ1) is 17.3. The lowest BCUT2D eigenvalue weighted by Gasteiger charge is -2.13. The van der Waals surface area contributed by atoms with Crippen LogP contribution in [0.1, 0.15) is 23.6 Å². The monoisotopic (exact) mass is 494 g/mol. The summed E-state index contributed by atoms with van der Waals surface area (Å²) in [6.07, 6.45) is 0.286. The molecule has 11 heteroatoms. The molecule has 4 aromatic rings. The number of fused-ring (bicyclic) bond motifs is 1. The molecule has 1 aliphatic rings. The number of alkyl halides is 3. The predicted octanol–water partition coefficient (Wildman–Crippen LogP) is 4.69. The number of hydrogen-bond donors (Lipinski definition) is 1. The van der Waals surface area contributed by atoms with Gasteiger partial charge in [0.15, 0.2) is 0 Å². The molecule has 184 valence electrons. The summed E-state index contributed by atoms with van der Waals surface area (Å²) in [7, 11) is 0. The number of benzene rings is 1. The fourth-order valence-corrected chi connectivity index (χ4v) is 4.36. The van der Waals surface area contributed by atoms with Gasteiger partial charge >= 0.3 is 6.18 Å². The minimum atomic E-state index is -4.59. The molecule has 8 nitrogen and oxygen atoms in total. The standard InChI is InChI=1S/C25H21F3N6O2/c1-2-20(35)33-13-10-16(14-33)21-19-9-12-31-24(29)34(19)22(32-21)15-5-7-17(8-6-15)36-23-18(25(26,27)28)4-3-11-30-23/h2-9,11-12,16H,1,10,13-14H2,(H2,29,31). The number of nitrogens with zero attached hydrogens (tertiary/aromatic N) is 5. The van der Waals surface area contributed by atoms with Crippen LogP contribution >= 0.6 is 0 Å². The van der Waals surface area contributed by atoms with Crippen LogP contribution in [0.15, 0.2) is 67.5 Å². The first-order valence-corrected chi connectivity index (χ1v) is 11.1. The van der Waals surface area contributed by atoms with Gasteiger partial charge in [-0.3, -0.25) is 9.20 Å². The Bertz CT molecular complexity index is 1450. The molecule has 0 aliphatic carbocycles. The van der Waals surface area contributed by atoms with Gasteiger partial charge in [0.25, 0.3) is 0 Å². The number of ether oxygens (including phenoxy) is 1. The van der Waals surface area contributed by atoms with Crippen molar-refractivity contribution in [1.82, 2.24) is 24.3 Å². The second-order valence-electron chi connectivity index (χ2n) is 8.30. The Morgan fingerprint density at radius 2 is 1.92 bits per heavy atom. The summed E-state index contributed by atoms with van der Waals surface area (Å²) in [5.74, 6) is 0.303. The quantitative estimate of drug-likeness (QED) is 0.405. The summed E-state index contributed by atoms with van der Waals surface area (Å²) in [4.78, 5) is 26.5. The summed E-state index contributed by atoms with van der Waals surface area (Å²) < 4.78 is 47.0. The number of carbonyl (C=O) groups is 1. The van der Waals surface area contributed by atoms with E-state index < -0.39 is 17.6 Å². The van der Waals surface area contributed by atoms with E-state index in [-0.39, 0.29) is 23.5 Å². The van der Waals surface area contributed by atoms with E-state index in [1.165, 1.54) is 30.5 Å². The number of anilines is 1. The van der Waals surface area contributed by atoms with E-state index in [1.54, 1.807) is 27.6 Å². The fraction of sp³-hybridized carbons (Fsp3) is 0.200. The van der Waals surface area contributed by atoms with E-state index >= 15 is 0 Å². The third kappa shape index (κ3) is 4.23. The SMILES string of the molecule is C=CC(=O)N1CCC(c2nc(-c3ccc(Oc4ncccc4C(F)(F)F)cc3)n3c(N)nccc23)C1. The molecule has 0 spiro atoms. The van der Waals surface area contributed by atoms with Crippen LogP contribution in [0.25, 0.3) is 16.9 Å². The smallest absolute Gasteiger partial charge is 0.421 e. The number of nitrogen functional groups attached to an aromatic ring is 1. The van der Waals surface area contributed by atoms with E-state index in [1.807, 2.05) is 6.07 Å². The van der Waals surface area contributed by atoms with Gasteiger partial charge in [-0.1, -0.05) is 6.58 Å². The van der Waals surface area contributed by atoms with Crippen LogP contribution < -0.4 is 10.5 Å². The van der Waals surface area contributed by atoms with Crippen LogP contribution in [0.5, 0.6) is 11.6 Å². The molecule has 1 aromatic carbocycles. The van der Waals surface area contributed by atoms with Gasteiger partial charge in [-0.15, -0.1) is 0 Å². The maximum absolute atomic E-state index is 13.3. The second kappa shape index (κ2) is 8.99. The first kappa shape index (κ1) is 23.3. The van der Waals surface area contributed by atoms with E-state index in [4.69, 9.17) is 15.5 Å². The van der Waals surface area contributed by atoms with Gasteiger partial charge in [0.1, 0.15) is 17.1 Å². The second-order valence-corrected chi connectivity index (χ2v) is 8.30. The number of nitrogens with two attached hydrogens (primary N) is 1. The van der Waals surface area contributed by atoms with Crippen molar-refractivity contribution in [1.29, 1.82) is 0 Å². The number of imidazole rings is 1. The van der Waals surface area contributed by atoms with Crippen molar-refractivity contribution >= 4 is 17.4 Å². The number of carbonyl (C=O) groups excluding carboxylic acids is 1. The zero-order chi connectivity index (χ0) is 25.4. The number of hydrogen-bond acceptors (Lipinski definition) is 6. The van der Waals surface area contributed by atoms with Crippen molar-refractivity contribution in [2.24, 2.45) is 0 Å². The van der Waals surface area contributed by atoms with Crippen molar-refractivity contribution in [3.05, 3.63) is 78.8 Å². The van der Waals surface area contributed by atoms with Gasteiger partial charge in [0.2, 0.25) is 17.7 Å². The van der Waals surface area contributed by atoms with E-state index in [0.29, 0.717) is 24.5 Å². The molecule has 1 atom stereocenters. The number of likely N-dealkylation sites (tertiary alicyclic amines) is 1. The van der Waals surface area contributed by atoms with Crippen LogP contribution in [0, 0.1) is 0 Å². The Balaban J connectivity index is 1.48. The molecule has 36 heavy (non-hydrogen) atoms. The van der Waals surface area contributed by atoms with Gasteiger partial charge in [-0.05, 0) is 55.0 Å². The third-order valence-corrected chi connectivity index (χ3v) is 6.07. The molecule has 0 bridgehead atoms. The highest BCUT2D eigenvalue weighted by atomic mass is 19.4. The Morgan fingerprint density at radius 1 is 1.14 bits per heavy atom. The molecular formula is C25H21F3N6O2. The Hall–Kier alpha value is -4.41. The average molecular weight is 494 g/mol. The number of pyridine rings is 1. The summed E-state index contributed by atoms with van der Waals surface area (Å²) >= 11 is 0. The highest BCUT2D eigenvalue weighted by Gasteiger charge is 2.35. The molecule has 0 radical (unpaired) electrons. The zero-order valence-corrected chi connectivity index (χ0v) is 18.9. The summed E-state index contributed by atoms with van der Waals surface area (Å²) in [6, 6.07) is 10.4. The molecule has 1 aliphatic heterocycles. The first-order valence-electron chi connectivity index (χ1n) is 11.1. The molecule has 1 saturated heterocycles. The van der Waals surface area contributed by atoms with Gasteiger partial charge in [0, 0.05) is 37.0 Å². The molecular weight excluding hydrogens is 473 g/mol. The van der Waals surface area contributed by atoms with Crippen molar-refractivity contribution in [3.63, 3.8) is 0 Å². The third-order valence-electron chi connectivity index (χ3n) is 6.07. The largest absolute Gasteiger partial charge is 0.438 e. The lowest BCUT2D eigenvalue weighted by Crippen LogP contribution is -2.26. The summed E-state index contributed by atoms with van der Waals surface area (Å²) in [5.41, 5.74) is 7.46. The molecule has 1 amide bonds. The maximum atomic E-state index is 13.3. The summed E-state index contributed by atoms with van der Waals surface area (Å²) in [6.45, 7) is 4.67. The van der Waals surface area contributed by atoms with Gasteiger partial charge in [0.05, 0.1) is 11.2 Å². The van der Waals surface area contributed by atoms with Crippen LogP contribution in [0.2, 0.25) is 0 Å². The Morgan fingerprint density at radius 3 is 2.64 bits per heavy atom. The normalized spacial score (nSPS) is 15.9. The predicted molar refractivity (Wildman–Crippen MR) is 126 cm³/mol. The number of rotatable bonds is 5. The molecule has 1 fully saturated rings. The Labute approximate surface area is 203 Å². The van der Waals surface area contributed by atoms with E-state index in [0.717, 1.165) is 23.7 Å². The molecule has 1 unspecified atom stereocenters. The van der Waals surface area contributed by atoms with Crippen LogP contribution in [-0.4, -0.2) is 43.2 Å². The summed E-state index contributed by atoms with van der Waals surface area (Å²) in [5, 5.41) is 0. The van der Waals surface area contributed by atoms with Crippen molar-refractivity contribution in [2.75, 3.05) is 18.8 Å². The molecule has 0 saturated carbocycles. The number of aromatic nitrogens is 4. The molecule has 5 rings (SSSR count). The van der Waals surface area contributed by atoms with Crippen molar-refractivity contribution in [2.45, 2.75) is 18.5 Å².